The Morgan fingerprint density at radius 2 is 1.41 bits per heavy atom. The lowest BCUT2D eigenvalue weighted by molar-refractivity contribution is -0.120. The van der Waals surface area contributed by atoms with E-state index in [0.717, 1.165) is 5.56 Å². The molecule has 3 amide bonds. The van der Waals surface area contributed by atoms with Crippen molar-refractivity contribution in [2.75, 3.05) is 23.8 Å². The summed E-state index contributed by atoms with van der Waals surface area (Å²) in [6, 6.07) is 29.0. The first-order valence-electron chi connectivity index (χ1n) is 12.6. The number of carbonyl (C=O) groups is 2. The van der Waals surface area contributed by atoms with E-state index in [2.05, 4.69) is 10.0 Å². The lowest BCUT2D eigenvalue weighted by atomic mass is 10.0. The molecule has 11 heteroatoms. The first-order chi connectivity index (χ1) is 19.7. The highest BCUT2D eigenvalue weighted by Gasteiger charge is 2.27. The first-order valence-corrected chi connectivity index (χ1v) is 14.1. The van der Waals surface area contributed by atoms with Crippen molar-refractivity contribution in [3.63, 3.8) is 0 Å². The summed E-state index contributed by atoms with van der Waals surface area (Å²) in [5.41, 5.74) is 1.47. The molecule has 0 aliphatic heterocycles. The molecule has 0 heterocycles. The van der Waals surface area contributed by atoms with Crippen LogP contribution in [0.4, 0.5) is 16.2 Å². The zero-order valence-corrected chi connectivity index (χ0v) is 23.3. The van der Waals surface area contributed by atoms with Gasteiger partial charge in [-0.3, -0.25) is 9.52 Å². The summed E-state index contributed by atoms with van der Waals surface area (Å²) >= 11 is 0. The van der Waals surface area contributed by atoms with Crippen molar-refractivity contribution in [3.8, 4) is 17.2 Å². The van der Waals surface area contributed by atoms with Crippen molar-refractivity contribution in [1.29, 1.82) is 0 Å². The number of nitrogens with zero attached hydrogens (tertiary/aromatic N) is 1. The zero-order chi connectivity index (χ0) is 29.2. The standard InChI is InChI=1S/C30H30N4O6S/c1-34(23-17-19-24(39-2)20-18-23)29(35)27(21-22-11-5-3-6-12-22)31-30(36)33-41(37,38)32-26-15-9-10-16-28(26)40-25-13-7-4-8-14-25/h3-20,27,32H,21H2,1-2H3,(H2,31,33,36)/t27-/m0/s1. The number of anilines is 2. The Morgan fingerprint density at radius 3 is 2.07 bits per heavy atom. The van der Waals surface area contributed by atoms with Crippen LogP contribution in [0.3, 0.4) is 0 Å². The van der Waals surface area contributed by atoms with Gasteiger partial charge in [-0.15, -0.1) is 0 Å². The average molecular weight is 575 g/mol. The van der Waals surface area contributed by atoms with Gasteiger partial charge in [0.15, 0.2) is 5.75 Å². The fraction of sp³-hybridized carbons (Fsp3) is 0.133. The molecule has 4 aromatic rings. The van der Waals surface area contributed by atoms with Crippen molar-refractivity contribution in [1.82, 2.24) is 10.0 Å². The molecule has 4 aromatic carbocycles. The third-order valence-corrected chi connectivity index (χ3v) is 6.95. The molecule has 41 heavy (non-hydrogen) atoms. The van der Waals surface area contributed by atoms with Gasteiger partial charge in [0.25, 0.3) is 0 Å². The van der Waals surface area contributed by atoms with Gasteiger partial charge in [-0.25, -0.2) is 9.52 Å². The van der Waals surface area contributed by atoms with Gasteiger partial charge in [0.05, 0.1) is 12.8 Å². The molecule has 0 aromatic heterocycles. The summed E-state index contributed by atoms with van der Waals surface area (Å²) in [5, 5.41) is 2.52. The van der Waals surface area contributed by atoms with Crippen LogP contribution in [0.15, 0.2) is 109 Å². The molecule has 0 saturated carbocycles. The first kappa shape index (κ1) is 29.0. The third-order valence-electron chi connectivity index (χ3n) is 6.01. The lowest BCUT2D eigenvalue weighted by Gasteiger charge is -2.25. The van der Waals surface area contributed by atoms with E-state index in [1.807, 2.05) is 41.1 Å². The van der Waals surface area contributed by atoms with E-state index in [-0.39, 0.29) is 17.9 Å². The highest BCUT2D eigenvalue weighted by atomic mass is 32.2. The van der Waals surface area contributed by atoms with Crippen molar-refractivity contribution in [3.05, 3.63) is 115 Å². The largest absolute Gasteiger partial charge is 0.497 e. The van der Waals surface area contributed by atoms with Gasteiger partial charge in [0.2, 0.25) is 5.91 Å². The maximum absolute atomic E-state index is 13.5. The molecule has 10 nitrogen and oxygen atoms in total. The number of likely N-dealkylation sites (N-methyl/N-ethyl adjacent to an activating group) is 1. The second-order valence-corrected chi connectivity index (χ2v) is 10.3. The number of carbonyl (C=O) groups excluding carboxylic acids is 2. The molecule has 3 N–H and O–H groups in total. The number of benzene rings is 4. The molecular formula is C30H30N4O6S. The van der Waals surface area contributed by atoms with Crippen LogP contribution >= 0.6 is 0 Å². The Labute approximate surface area is 239 Å². The smallest absolute Gasteiger partial charge is 0.330 e. The molecule has 0 unspecified atom stereocenters. The molecule has 0 aliphatic rings. The van der Waals surface area contributed by atoms with Crippen LogP contribution in [-0.4, -0.2) is 40.6 Å². The van der Waals surface area contributed by atoms with E-state index < -0.39 is 28.2 Å². The number of methoxy groups -OCH3 is 1. The molecule has 0 aliphatic carbocycles. The van der Waals surface area contributed by atoms with E-state index in [9.17, 15) is 18.0 Å². The molecular weight excluding hydrogens is 544 g/mol. The molecule has 212 valence electrons. The maximum Gasteiger partial charge on any atom is 0.330 e. The molecule has 0 radical (unpaired) electrons. The maximum atomic E-state index is 13.5. The summed E-state index contributed by atoms with van der Waals surface area (Å²) in [5.74, 6) is 0.929. The summed E-state index contributed by atoms with van der Waals surface area (Å²) in [7, 11) is -1.29. The van der Waals surface area contributed by atoms with Gasteiger partial charge in [0.1, 0.15) is 17.5 Å². The van der Waals surface area contributed by atoms with Gasteiger partial charge < -0.3 is 19.7 Å². The average Bonchev–Trinajstić information content (AvgIpc) is 2.97. The second kappa shape index (κ2) is 13.4. The minimum absolute atomic E-state index is 0.118. The van der Waals surface area contributed by atoms with Gasteiger partial charge in [-0.2, -0.15) is 8.42 Å². The van der Waals surface area contributed by atoms with Crippen LogP contribution in [0.5, 0.6) is 17.2 Å². The van der Waals surface area contributed by atoms with Crippen LogP contribution in [0.25, 0.3) is 0 Å². The Hall–Kier alpha value is -5.03. The normalized spacial score (nSPS) is 11.6. The van der Waals surface area contributed by atoms with E-state index in [4.69, 9.17) is 9.47 Å². The molecule has 0 spiro atoms. The monoisotopic (exact) mass is 574 g/mol. The molecule has 0 saturated heterocycles. The van der Waals surface area contributed by atoms with Gasteiger partial charge in [-0.1, -0.05) is 60.7 Å². The number of ether oxygens (including phenoxy) is 2. The van der Waals surface area contributed by atoms with Crippen LogP contribution in [0, 0.1) is 0 Å². The van der Waals surface area contributed by atoms with Gasteiger partial charge in [0, 0.05) is 19.2 Å². The number of rotatable bonds is 11. The Morgan fingerprint density at radius 1 is 0.805 bits per heavy atom. The second-order valence-electron chi connectivity index (χ2n) is 8.93. The van der Waals surface area contributed by atoms with Crippen molar-refractivity contribution < 1.29 is 27.5 Å². The lowest BCUT2D eigenvalue weighted by Crippen LogP contribution is -2.53. The quantitative estimate of drug-likeness (QED) is 0.238. The predicted molar refractivity (Wildman–Crippen MR) is 158 cm³/mol. The molecule has 4 rings (SSSR count). The molecule has 0 bridgehead atoms. The van der Waals surface area contributed by atoms with E-state index in [0.29, 0.717) is 17.2 Å². The number of nitrogens with one attached hydrogen (secondary N) is 3. The summed E-state index contributed by atoms with van der Waals surface area (Å²) < 4.78 is 41.0. The number of hydrogen-bond donors (Lipinski definition) is 3. The third kappa shape index (κ3) is 8.23. The minimum Gasteiger partial charge on any atom is -0.497 e. The van der Waals surface area contributed by atoms with Gasteiger partial charge in [-0.05, 0) is 54.1 Å². The Kier molecular flexibility index (Phi) is 9.43. The SMILES string of the molecule is COc1ccc(N(C)C(=O)[C@H](Cc2ccccc2)NC(=O)NS(=O)(=O)Nc2ccccc2Oc2ccccc2)cc1. The zero-order valence-electron chi connectivity index (χ0n) is 22.5. The highest BCUT2D eigenvalue weighted by molar-refractivity contribution is 7.91. The summed E-state index contributed by atoms with van der Waals surface area (Å²) in [6.45, 7) is 0. The van der Waals surface area contributed by atoms with E-state index in [1.54, 1.807) is 80.9 Å². The van der Waals surface area contributed by atoms with Crippen molar-refractivity contribution >= 4 is 33.5 Å². The molecule has 0 fully saturated rings. The summed E-state index contributed by atoms with van der Waals surface area (Å²) in [4.78, 5) is 27.8. The molecule has 1 atom stereocenters. The fourth-order valence-corrected chi connectivity index (χ4v) is 4.76. The number of hydrogen-bond acceptors (Lipinski definition) is 6. The number of urea groups is 1. The number of amides is 3. The van der Waals surface area contributed by atoms with E-state index in [1.165, 1.54) is 11.0 Å². The van der Waals surface area contributed by atoms with Crippen LogP contribution in [-0.2, 0) is 21.4 Å². The topological polar surface area (TPSA) is 126 Å². The Balaban J connectivity index is 1.48. The van der Waals surface area contributed by atoms with Gasteiger partial charge >= 0.3 is 16.2 Å². The predicted octanol–water partition coefficient (Wildman–Crippen LogP) is 4.72. The van der Waals surface area contributed by atoms with Crippen LogP contribution < -0.4 is 29.1 Å². The highest BCUT2D eigenvalue weighted by Crippen LogP contribution is 2.29. The van der Waals surface area contributed by atoms with Crippen molar-refractivity contribution in [2.45, 2.75) is 12.5 Å². The fourth-order valence-electron chi connectivity index (χ4n) is 3.95. The van der Waals surface area contributed by atoms with E-state index >= 15 is 0 Å². The van der Waals surface area contributed by atoms with Crippen LogP contribution in [0.1, 0.15) is 5.56 Å². The summed E-state index contributed by atoms with van der Waals surface area (Å²) in [6.07, 6.45) is 0.134. The Bertz CT molecular complexity index is 1570. The van der Waals surface area contributed by atoms with Crippen LogP contribution in [0.2, 0.25) is 0 Å². The van der Waals surface area contributed by atoms with Crippen molar-refractivity contribution in [2.24, 2.45) is 0 Å². The number of para-hydroxylation sites is 3. The minimum atomic E-state index is -4.40.